The molecular weight excluding hydrogens is 206 g/mol. The molecule has 1 aliphatic rings. The third kappa shape index (κ3) is 2.96. The SMILES string of the molecule is CCCNCC1CC1c1ccc(Cl)cc1. The fourth-order valence-electron chi connectivity index (χ4n) is 2.06. The van der Waals surface area contributed by atoms with E-state index in [2.05, 4.69) is 24.4 Å². The third-order valence-corrected chi connectivity index (χ3v) is 3.31. The van der Waals surface area contributed by atoms with Crippen LogP contribution in [0.3, 0.4) is 0 Å². The van der Waals surface area contributed by atoms with Gasteiger partial charge in [0.1, 0.15) is 0 Å². The van der Waals surface area contributed by atoms with Crippen molar-refractivity contribution in [1.82, 2.24) is 5.32 Å². The van der Waals surface area contributed by atoms with Crippen molar-refractivity contribution in [1.29, 1.82) is 0 Å². The maximum absolute atomic E-state index is 5.86. The van der Waals surface area contributed by atoms with Crippen LogP contribution >= 0.6 is 11.6 Å². The van der Waals surface area contributed by atoms with Crippen LogP contribution in [0.2, 0.25) is 5.02 Å². The zero-order chi connectivity index (χ0) is 10.7. The van der Waals surface area contributed by atoms with Crippen molar-refractivity contribution in [2.24, 2.45) is 5.92 Å². The summed E-state index contributed by atoms with van der Waals surface area (Å²) in [6, 6.07) is 8.30. The molecule has 0 amide bonds. The van der Waals surface area contributed by atoms with Crippen LogP contribution < -0.4 is 5.32 Å². The third-order valence-electron chi connectivity index (χ3n) is 3.05. The van der Waals surface area contributed by atoms with Crippen LogP contribution in [-0.2, 0) is 0 Å². The molecule has 0 radical (unpaired) electrons. The fraction of sp³-hybridized carbons (Fsp3) is 0.538. The number of nitrogens with one attached hydrogen (secondary N) is 1. The van der Waals surface area contributed by atoms with Gasteiger partial charge in [0.15, 0.2) is 0 Å². The molecule has 1 aromatic carbocycles. The monoisotopic (exact) mass is 223 g/mol. The lowest BCUT2D eigenvalue weighted by molar-refractivity contribution is 0.620. The predicted molar refractivity (Wildman–Crippen MR) is 65.5 cm³/mol. The standard InChI is InChI=1S/C13H18ClN/c1-2-7-15-9-11-8-13(11)10-3-5-12(14)6-4-10/h3-6,11,13,15H,2,7-9H2,1H3. The molecule has 0 aliphatic heterocycles. The van der Waals surface area contributed by atoms with E-state index in [0.717, 1.165) is 23.4 Å². The van der Waals surface area contributed by atoms with Gasteiger partial charge < -0.3 is 5.32 Å². The Hall–Kier alpha value is -0.530. The van der Waals surface area contributed by atoms with Crippen molar-refractivity contribution < 1.29 is 0 Å². The van der Waals surface area contributed by atoms with Crippen molar-refractivity contribution in [3.05, 3.63) is 34.9 Å². The molecule has 0 bridgehead atoms. The summed E-state index contributed by atoms with van der Waals surface area (Å²) in [5, 5.41) is 4.32. The second-order valence-corrected chi connectivity index (χ2v) is 4.79. The first-order valence-corrected chi connectivity index (χ1v) is 6.15. The second-order valence-electron chi connectivity index (χ2n) is 4.36. The minimum Gasteiger partial charge on any atom is -0.316 e. The predicted octanol–water partition coefficient (Wildman–Crippen LogP) is 3.44. The van der Waals surface area contributed by atoms with Crippen LogP contribution in [0, 0.1) is 5.92 Å². The first-order chi connectivity index (χ1) is 7.31. The molecule has 0 saturated heterocycles. The molecule has 0 aromatic heterocycles. The quantitative estimate of drug-likeness (QED) is 0.755. The van der Waals surface area contributed by atoms with E-state index < -0.39 is 0 Å². The molecule has 1 aliphatic carbocycles. The van der Waals surface area contributed by atoms with E-state index in [1.54, 1.807) is 0 Å². The number of rotatable bonds is 5. The summed E-state index contributed by atoms with van der Waals surface area (Å²) in [6.45, 7) is 4.52. The van der Waals surface area contributed by atoms with Crippen LogP contribution in [0.4, 0.5) is 0 Å². The van der Waals surface area contributed by atoms with Crippen molar-refractivity contribution in [3.63, 3.8) is 0 Å². The van der Waals surface area contributed by atoms with Crippen molar-refractivity contribution in [3.8, 4) is 0 Å². The Morgan fingerprint density at radius 1 is 1.33 bits per heavy atom. The first-order valence-electron chi connectivity index (χ1n) is 5.77. The van der Waals surface area contributed by atoms with Gasteiger partial charge in [0.2, 0.25) is 0 Å². The van der Waals surface area contributed by atoms with Crippen LogP contribution in [-0.4, -0.2) is 13.1 Å². The Morgan fingerprint density at radius 3 is 2.73 bits per heavy atom. The molecule has 2 heteroatoms. The number of hydrogen-bond donors (Lipinski definition) is 1. The van der Waals surface area contributed by atoms with Gasteiger partial charge in [0, 0.05) is 5.02 Å². The lowest BCUT2D eigenvalue weighted by Gasteiger charge is -2.02. The number of benzene rings is 1. The summed E-state index contributed by atoms with van der Waals surface area (Å²) in [6.07, 6.45) is 2.55. The largest absolute Gasteiger partial charge is 0.316 e. The molecule has 1 fully saturated rings. The lowest BCUT2D eigenvalue weighted by Crippen LogP contribution is -2.17. The second kappa shape index (κ2) is 5.00. The lowest BCUT2D eigenvalue weighted by atomic mass is 10.1. The summed E-state index contributed by atoms with van der Waals surface area (Å²) < 4.78 is 0. The van der Waals surface area contributed by atoms with Gasteiger partial charge in [-0.3, -0.25) is 0 Å². The van der Waals surface area contributed by atoms with Gasteiger partial charge in [-0.25, -0.2) is 0 Å². The van der Waals surface area contributed by atoms with Crippen LogP contribution in [0.1, 0.15) is 31.2 Å². The Kier molecular flexibility index (Phi) is 3.66. The Balaban J connectivity index is 1.80. The highest BCUT2D eigenvalue weighted by Gasteiger charge is 2.37. The summed E-state index contributed by atoms with van der Waals surface area (Å²) in [5.74, 6) is 1.62. The Morgan fingerprint density at radius 2 is 2.07 bits per heavy atom. The van der Waals surface area contributed by atoms with E-state index in [0.29, 0.717) is 0 Å². The van der Waals surface area contributed by atoms with Gasteiger partial charge in [0.05, 0.1) is 0 Å². The normalized spacial score (nSPS) is 24.1. The molecule has 2 atom stereocenters. The van der Waals surface area contributed by atoms with Crippen LogP contribution in [0.15, 0.2) is 24.3 Å². The van der Waals surface area contributed by atoms with Crippen molar-refractivity contribution in [2.75, 3.05) is 13.1 Å². The molecule has 0 spiro atoms. The zero-order valence-corrected chi connectivity index (χ0v) is 9.93. The minimum absolute atomic E-state index is 0.770. The van der Waals surface area contributed by atoms with E-state index in [4.69, 9.17) is 11.6 Å². The molecule has 82 valence electrons. The van der Waals surface area contributed by atoms with Crippen LogP contribution in [0.25, 0.3) is 0 Å². The van der Waals surface area contributed by atoms with Gasteiger partial charge in [-0.15, -0.1) is 0 Å². The summed E-state index contributed by atoms with van der Waals surface area (Å²) in [5.41, 5.74) is 1.45. The van der Waals surface area contributed by atoms with Crippen LogP contribution in [0.5, 0.6) is 0 Å². The molecule has 0 heterocycles. The molecule has 2 rings (SSSR count). The average Bonchev–Trinajstić information content (AvgIpc) is 2.99. The molecule has 1 N–H and O–H groups in total. The number of hydrogen-bond acceptors (Lipinski definition) is 1. The first kappa shape index (κ1) is 11.0. The maximum atomic E-state index is 5.86. The molecule has 2 unspecified atom stereocenters. The van der Waals surface area contributed by atoms with Gasteiger partial charge in [-0.05, 0) is 55.5 Å². The van der Waals surface area contributed by atoms with E-state index in [1.807, 2.05) is 12.1 Å². The topological polar surface area (TPSA) is 12.0 Å². The summed E-state index contributed by atoms with van der Waals surface area (Å²) in [4.78, 5) is 0. The molecular formula is C13H18ClN. The molecule has 1 nitrogen and oxygen atoms in total. The van der Waals surface area contributed by atoms with Gasteiger partial charge in [-0.2, -0.15) is 0 Å². The van der Waals surface area contributed by atoms with Gasteiger partial charge >= 0.3 is 0 Å². The average molecular weight is 224 g/mol. The molecule has 15 heavy (non-hydrogen) atoms. The maximum Gasteiger partial charge on any atom is 0.0406 e. The smallest absolute Gasteiger partial charge is 0.0406 e. The Bertz CT molecular complexity index is 307. The van der Waals surface area contributed by atoms with E-state index in [9.17, 15) is 0 Å². The van der Waals surface area contributed by atoms with Crippen molar-refractivity contribution in [2.45, 2.75) is 25.7 Å². The summed E-state index contributed by atoms with van der Waals surface area (Å²) >= 11 is 5.86. The van der Waals surface area contributed by atoms with Gasteiger partial charge in [0.25, 0.3) is 0 Å². The van der Waals surface area contributed by atoms with E-state index >= 15 is 0 Å². The molecule has 1 saturated carbocycles. The summed E-state index contributed by atoms with van der Waals surface area (Å²) in [7, 11) is 0. The van der Waals surface area contributed by atoms with E-state index in [-0.39, 0.29) is 0 Å². The number of halogens is 1. The van der Waals surface area contributed by atoms with E-state index in [1.165, 1.54) is 24.9 Å². The van der Waals surface area contributed by atoms with Gasteiger partial charge in [-0.1, -0.05) is 30.7 Å². The highest BCUT2D eigenvalue weighted by Crippen LogP contribution is 2.47. The highest BCUT2D eigenvalue weighted by molar-refractivity contribution is 6.30. The fourth-order valence-corrected chi connectivity index (χ4v) is 2.18. The highest BCUT2D eigenvalue weighted by atomic mass is 35.5. The minimum atomic E-state index is 0.770. The molecule has 1 aromatic rings. The zero-order valence-electron chi connectivity index (χ0n) is 9.17. The Labute approximate surface area is 96.8 Å². The van der Waals surface area contributed by atoms with Crippen molar-refractivity contribution >= 4 is 11.6 Å².